The minimum atomic E-state index is -0.216. The van der Waals surface area contributed by atoms with E-state index in [1.54, 1.807) is 0 Å². The molecule has 0 aromatic carbocycles. The molecule has 1 rings (SSSR count). The van der Waals surface area contributed by atoms with Gasteiger partial charge in [-0.05, 0) is 49.6 Å². The highest BCUT2D eigenvalue weighted by Crippen LogP contribution is 2.21. The van der Waals surface area contributed by atoms with Crippen molar-refractivity contribution < 1.29 is 14.3 Å². The molecule has 0 aromatic heterocycles. The molecular weight excluding hydrogens is 356 g/mol. The normalized spacial score (nSPS) is 20.8. The van der Waals surface area contributed by atoms with Crippen molar-refractivity contribution in [3.8, 4) is 11.8 Å². The second-order valence-electron chi connectivity index (χ2n) is 5.65. The van der Waals surface area contributed by atoms with Crippen molar-refractivity contribution in [1.29, 1.82) is 0 Å². The van der Waals surface area contributed by atoms with Gasteiger partial charge in [0.25, 0.3) is 0 Å². The monoisotopic (exact) mass is 382 g/mol. The second kappa shape index (κ2) is 13.4. The lowest BCUT2D eigenvalue weighted by atomic mass is 10.1. The Morgan fingerprint density at radius 3 is 2.65 bits per heavy atom. The van der Waals surface area contributed by atoms with Crippen LogP contribution in [0.4, 0.5) is 0 Å². The van der Waals surface area contributed by atoms with Gasteiger partial charge in [-0.1, -0.05) is 52.8 Å². The lowest BCUT2D eigenvalue weighted by Gasteiger charge is -2.08. The van der Waals surface area contributed by atoms with Crippen LogP contribution in [0.5, 0.6) is 0 Å². The van der Waals surface area contributed by atoms with Crippen LogP contribution in [0.25, 0.3) is 0 Å². The Labute approximate surface area is 148 Å². The summed E-state index contributed by atoms with van der Waals surface area (Å²) in [7, 11) is 1.40. The Morgan fingerprint density at radius 1 is 1.22 bits per heavy atom. The molecule has 4 heteroatoms. The predicted molar refractivity (Wildman–Crippen MR) is 97.2 cm³/mol. The first-order chi connectivity index (χ1) is 11.3. The third kappa shape index (κ3) is 10.4. The van der Waals surface area contributed by atoms with Gasteiger partial charge in [0.15, 0.2) is 0 Å². The number of hydrogen-bond acceptors (Lipinski definition) is 3. The molecular formula is C19H27BrO3. The summed E-state index contributed by atoms with van der Waals surface area (Å²) in [4.78, 5) is 13.1. The van der Waals surface area contributed by atoms with Gasteiger partial charge < -0.3 is 9.47 Å². The van der Waals surface area contributed by atoms with E-state index >= 15 is 0 Å². The van der Waals surface area contributed by atoms with Crippen LogP contribution in [-0.4, -0.2) is 25.3 Å². The maximum atomic E-state index is 11.2. The van der Waals surface area contributed by atoms with E-state index in [-0.39, 0.29) is 18.2 Å². The van der Waals surface area contributed by atoms with Crippen LogP contribution in [0.2, 0.25) is 0 Å². The second-order valence-corrected chi connectivity index (χ2v) is 6.18. The molecule has 23 heavy (non-hydrogen) atoms. The summed E-state index contributed by atoms with van der Waals surface area (Å²) in [6, 6.07) is 0. The summed E-state index contributed by atoms with van der Waals surface area (Å²) in [5, 5.41) is 0. The van der Waals surface area contributed by atoms with Crippen LogP contribution in [0.1, 0.15) is 57.8 Å². The zero-order chi connectivity index (χ0) is 16.8. The van der Waals surface area contributed by atoms with Gasteiger partial charge in [-0.3, -0.25) is 4.79 Å². The van der Waals surface area contributed by atoms with Crippen molar-refractivity contribution in [2.75, 3.05) is 7.11 Å². The fourth-order valence-electron chi connectivity index (χ4n) is 2.46. The summed E-state index contributed by atoms with van der Waals surface area (Å²) in [5.41, 5.74) is 0. The first-order valence-corrected chi connectivity index (χ1v) is 9.31. The Bertz CT molecular complexity index is 445. The number of esters is 1. The first-order valence-electron chi connectivity index (χ1n) is 8.39. The molecule has 0 radical (unpaired) electrons. The van der Waals surface area contributed by atoms with Crippen LogP contribution in [-0.2, 0) is 14.3 Å². The molecule has 128 valence electrons. The van der Waals surface area contributed by atoms with E-state index in [1.165, 1.54) is 32.8 Å². The van der Waals surface area contributed by atoms with Crippen molar-refractivity contribution in [2.24, 2.45) is 0 Å². The molecule has 1 saturated heterocycles. The highest BCUT2D eigenvalue weighted by molar-refractivity contribution is 9.11. The Hall–Kier alpha value is -1.05. The van der Waals surface area contributed by atoms with E-state index in [4.69, 9.17) is 4.74 Å². The molecule has 1 aliphatic heterocycles. The Kier molecular flexibility index (Phi) is 11.6. The average molecular weight is 383 g/mol. The summed E-state index contributed by atoms with van der Waals surface area (Å²) < 4.78 is 10.4. The van der Waals surface area contributed by atoms with Crippen molar-refractivity contribution in [1.82, 2.24) is 0 Å². The van der Waals surface area contributed by atoms with Crippen molar-refractivity contribution in [3.63, 3.8) is 0 Å². The molecule has 0 amide bonds. The maximum absolute atomic E-state index is 11.2. The highest BCUT2D eigenvalue weighted by Gasteiger charge is 2.25. The van der Waals surface area contributed by atoms with Gasteiger partial charge in [0.1, 0.15) is 6.10 Å². The average Bonchev–Trinajstić information content (AvgIpc) is 2.99. The van der Waals surface area contributed by atoms with Gasteiger partial charge in [-0.2, -0.15) is 0 Å². The Balaban J connectivity index is 2.05. The summed E-state index contributed by atoms with van der Waals surface area (Å²) in [6.45, 7) is 0. The van der Waals surface area contributed by atoms with Gasteiger partial charge in [0.2, 0.25) is 0 Å². The maximum Gasteiger partial charge on any atom is 0.308 e. The van der Waals surface area contributed by atoms with Gasteiger partial charge in [0, 0.05) is 0 Å². The number of unbranched alkanes of at least 4 members (excludes halogenated alkanes) is 5. The van der Waals surface area contributed by atoms with Crippen LogP contribution in [0.15, 0.2) is 23.2 Å². The molecule has 0 aromatic rings. The van der Waals surface area contributed by atoms with Crippen molar-refractivity contribution >= 4 is 21.9 Å². The molecule has 0 bridgehead atoms. The molecule has 0 spiro atoms. The smallest absolute Gasteiger partial charge is 0.308 e. The SMILES string of the molecule is COC(=O)C[C@@H]1CC[C@@H](C#CC=CCCCCCCC=CBr)O1. The van der Waals surface area contributed by atoms with Crippen molar-refractivity contribution in [2.45, 2.75) is 70.0 Å². The van der Waals surface area contributed by atoms with Gasteiger partial charge >= 0.3 is 5.97 Å². The lowest BCUT2D eigenvalue weighted by Crippen LogP contribution is -2.15. The lowest BCUT2D eigenvalue weighted by molar-refractivity contribution is -0.143. The minimum Gasteiger partial charge on any atom is -0.469 e. The molecule has 1 aliphatic rings. The van der Waals surface area contributed by atoms with E-state index in [1.807, 2.05) is 11.1 Å². The fourth-order valence-corrected chi connectivity index (χ4v) is 2.72. The largest absolute Gasteiger partial charge is 0.469 e. The Morgan fingerprint density at radius 2 is 1.96 bits per heavy atom. The van der Waals surface area contributed by atoms with Gasteiger partial charge in [0.05, 0.1) is 19.6 Å². The van der Waals surface area contributed by atoms with E-state index in [9.17, 15) is 4.79 Å². The van der Waals surface area contributed by atoms with E-state index < -0.39 is 0 Å². The van der Waals surface area contributed by atoms with Gasteiger partial charge in [-0.25, -0.2) is 0 Å². The molecule has 1 heterocycles. The topological polar surface area (TPSA) is 35.5 Å². The summed E-state index contributed by atoms with van der Waals surface area (Å²) >= 11 is 3.28. The number of ether oxygens (including phenoxy) is 2. The highest BCUT2D eigenvalue weighted by atomic mass is 79.9. The number of halogens is 1. The quantitative estimate of drug-likeness (QED) is 0.323. The number of allylic oxidation sites excluding steroid dienone is 3. The van der Waals surface area contributed by atoms with Crippen molar-refractivity contribution in [3.05, 3.63) is 23.2 Å². The van der Waals surface area contributed by atoms with E-state index in [0.29, 0.717) is 6.42 Å². The minimum absolute atomic E-state index is 0.0369. The number of carbonyl (C=O) groups excluding carboxylic acids is 1. The number of methoxy groups -OCH3 is 1. The number of hydrogen-bond donors (Lipinski definition) is 0. The van der Waals surface area contributed by atoms with Gasteiger partial charge in [-0.15, -0.1) is 0 Å². The summed E-state index contributed by atoms with van der Waals surface area (Å²) in [6.07, 6.45) is 15.5. The molecule has 0 N–H and O–H groups in total. The third-order valence-corrected chi connectivity index (χ3v) is 4.13. The number of carbonyl (C=O) groups is 1. The van der Waals surface area contributed by atoms with Crippen LogP contribution < -0.4 is 0 Å². The molecule has 0 aliphatic carbocycles. The zero-order valence-electron chi connectivity index (χ0n) is 13.9. The van der Waals surface area contributed by atoms with Crippen LogP contribution >= 0.6 is 15.9 Å². The summed E-state index contributed by atoms with van der Waals surface area (Å²) in [5.74, 6) is 5.94. The van der Waals surface area contributed by atoms with E-state index in [0.717, 1.165) is 25.7 Å². The van der Waals surface area contributed by atoms with Crippen LogP contribution in [0, 0.1) is 11.8 Å². The van der Waals surface area contributed by atoms with Crippen LogP contribution in [0.3, 0.4) is 0 Å². The number of rotatable bonds is 9. The molecule has 2 atom stereocenters. The predicted octanol–water partition coefficient (Wildman–Crippen LogP) is 4.91. The fraction of sp³-hybridized carbons (Fsp3) is 0.632. The first kappa shape index (κ1) is 20.0. The molecule has 0 unspecified atom stereocenters. The van der Waals surface area contributed by atoms with E-state index in [2.05, 4.69) is 44.7 Å². The zero-order valence-corrected chi connectivity index (χ0v) is 15.5. The molecule has 1 fully saturated rings. The standard InChI is InChI=1S/C19H27BrO3/c1-22-19(21)16-18-14-13-17(23-18)12-10-8-6-4-2-3-5-7-9-11-15-20/h6,8,11,15,17-18H,2-5,7,9,13-14,16H2,1H3/t17-,18+/m1/s1. The molecule has 0 saturated carbocycles. The molecule has 3 nitrogen and oxygen atoms in total. The third-order valence-electron chi connectivity index (χ3n) is 3.76.